The van der Waals surface area contributed by atoms with E-state index in [0.29, 0.717) is 24.2 Å². The second-order valence-electron chi connectivity index (χ2n) is 9.02. The first-order chi connectivity index (χ1) is 13.3. The maximum Gasteiger partial charge on any atom is 0.334 e. The third-order valence-electron chi connectivity index (χ3n) is 8.28. The van der Waals surface area contributed by atoms with Crippen LogP contribution in [0.5, 0.6) is 0 Å². The number of guanidine groups is 1. The van der Waals surface area contributed by atoms with Crippen molar-refractivity contribution in [2.75, 3.05) is 27.2 Å². The van der Waals surface area contributed by atoms with Crippen molar-refractivity contribution >= 4 is 11.9 Å². The average molecular weight is 389 g/mol. The van der Waals surface area contributed by atoms with Gasteiger partial charge in [0.2, 0.25) is 0 Å². The first-order valence-electron chi connectivity index (χ1n) is 10.3. The number of carboxylic acid groups (broad SMARTS) is 1. The minimum Gasteiger partial charge on any atom is -0.478 e. The molecule has 2 bridgehead atoms. The Morgan fingerprint density at radius 2 is 2.21 bits per heavy atom. The zero-order valence-corrected chi connectivity index (χ0v) is 17.0. The highest BCUT2D eigenvalue weighted by Gasteiger charge is 2.72. The highest BCUT2D eigenvalue weighted by molar-refractivity contribution is 5.90. The lowest BCUT2D eigenvalue weighted by atomic mass is 9.46. The Labute approximate surface area is 166 Å². The molecule has 6 atom stereocenters. The summed E-state index contributed by atoms with van der Waals surface area (Å²) in [4.78, 5) is 18.3. The standard InChI is InChI=1S/C21H32N4O3/c1-12-4-5-13-8-15-17(18(27)28)16(26)9-20(12,15)21(13)11-25(19(22)24-3)7-6-14(21)10-23-2/h6-7,12-14,16,23,26H,4-5,8-11H2,1-3H3,(H2,22,24)(H,27,28)/t12-,13-,14-,16+,20+,21-/m1/s1. The third-order valence-corrected chi connectivity index (χ3v) is 8.28. The number of nitrogens with two attached hydrogens (primary N) is 1. The van der Waals surface area contributed by atoms with Crippen LogP contribution in [-0.4, -0.2) is 60.3 Å². The SMILES string of the molecule is CN=C(N)N1C=C[C@H](CNC)[C@@]2(C1)[C@@H]1CC[C@@H](C)[C@]23C[C@H](O)C(C(=O)O)=C3C1. The van der Waals surface area contributed by atoms with Crippen LogP contribution in [0, 0.1) is 28.6 Å². The summed E-state index contributed by atoms with van der Waals surface area (Å²) < 4.78 is 0. The van der Waals surface area contributed by atoms with Gasteiger partial charge in [0, 0.05) is 37.2 Å². The maximum atomic E-state index is 12.1. The first-order valence-corrected chi connectivity index (χ1v) is 10.3. The van der Waals surface area contributed by atoms with Crippen LogP contribution >= 0.6 is 0 Å². The normalized spacial score (nSPS) is 42.4. The van der Waals surface area contributed by atoms with E-state index in [9.17, 15) is 15.0 Å². The largest absolute Gasteiger partial charge is 0.478 e. The van der Waals surface area contributed by atoms with E-state index in [-0.39, 0.29) is 22.3 Å². The molecule has 0 aromatic heterocycles. The predicted octanol–water partition coefficient (Wildman–Crippen LogP) is 1.16. The van der Waals surface area contributed by atoms with Crippen LogP contribution in [0.15, 0.2) is 28.4 Å². The van der Waals surface area contributed by atoms with E-state index in [1.165, 1.54) is 0 Å². The van der Waals surface area contributed by atoms with E-state index in [4.69, 9.17) is 5.73 Å². The number of aliphatic carboxylic acids is 1. The molecular formula is C21H32N4O3. The minimum absolute atomic E-state index is 0.161. The van der Waals surface area contributed by atoms with Crippen LogP contribution < -0.4 is 11.1 Å². The summed E-state index contributed by atoms with van der Waals surface area (Å²) in [6.07, 6.45) is 6.79. The number of rotatable bonds is 3. The number of hydrogen-bond acceptors (Lipinski definition) is 4. The lowest BCUT2D eigenvalue weighted by molar-refractivity contribution is -0.133. The zero-order chi connectivity index (χ0) is 20.3. The van der Waals surface area contributed by atoms with Crippen molar-refractivity contribution in [3.05, 3.63) is 23.4 Å². The Morgan fingerprint density at radius 3 is 2.86 bits per heavy atom. The van der Waals surface area contributed by atoms with Crippen LogP contribution in [0.2, 0.25) is 0 Å². The molecule has 4 aliphatic rings. The molecule has 0 saturated heterocycles. The van der Waals surface area contributed by atoms with Gasteiger partial charge in [0.15, 0.2) is 5.96 Å². The Morgan fingerprint density at radius 1 is 1.46 bits per heavy atom. The second kappa shape index (κ2) is 6.59. The van der Waals surface area contributed by atoms with E-state index in [1.807, 2.05) is 18.1 Å². The van der Waals surface area contributed by atoms with Crippen molar-refractivity contribution in [1.29, 1.82) is 0 Å². The molecule has 1 aliphatic heterocycles. The summed E-state index contributed by atoms with van der Waals surface area (Å²) in [5.41, 5.74) is 7.00. The van der Waals surface area contributed by atoms with Crippen LogP contribution in [0.25, 0.3) is 0 Å². The smallest absolute Gasteiger partial charge is 0.334 e. The number of nitrogens with zero attached hydrogens (tertiary/aromatic N) is 2. The maximum absolute atomic E-state index is 12.1. The van der Waals surface area contributed by atoms with Gasteiger partial charge in [0.25, 0.3) is 0 Å². The molecule has 0 aromatic rings. The summed E-state index contributed by atoms with van der Waals surface area (Å²) in [7, 11) is 3.66. The zero-order valence-electron chi connectivity index (χ0n) is 17.0. The average Bonchev–Trinajstić information content (AvgIpc) is 3.03. The molecular weight excluding hydrogens is 356 g/mol. The molecule has 28 heavy (non-hydrogen) atoms. The molecule has 0 unspecified atom stereocenters. The summed E-state index contributed by atoms with van der Waals surface area (Å²) >= 11 is 0. The van der Waals surface area contributed by atoms with Crippen molar-refractivity contribution in [2.24, 2.45) is 39.3 Å². The Balaban J connectivity index is 1.94. The van der Waals surface area contributed by atoms with Gasteiger partial charge in [-0.25, -0.2) is 4.79 Å². The number of allylic oxidation sites excluding steroid dienone is 1. The molecule has 0 aromatic carbocycles. The molecule has 0 amide bonds. The Hall–Kier alpha value is -1.86. The second-order valence-corrected chi connectivity index (χ2v) is 9.02. The fourth-order valence-corrected chi connectivity index (χ4v) is 7.30. The van der Waals surface area contributed by atoms with Crippen molar-refractivity contribution in [3.63, 3.8) is 0 Å². The fourth-order valence-electron chi connectivity index (χ4n) is 7.30. The number of aliphatic imine (C=N–C) groups is 1. The molecule has 2 fully saturated rings. The van der Waals surface area contributed by atoms with E-state index in [2.05, 4.69) is 23.3 Å². The van der Waals surface area contributed by atoms with Crippen LogP contribution in [0.4, 0.5) is 0 Å². The van der Waals surface area contributed by atoms with Gasteiger partial charge in [-0.15, -0.1) is 0 Å². The monoisotopic (exact) mass is 388 g/mol. The predicted molar refractivity (Wildman–Crippen MR) is 107 cm³/mol. The molecule has 154 valence electrons. The number of nitrogens with one attached hydrogen (secondary N) is 1. The highest BCUT2D eigenvalue weighted by Crippen LogP contribution is 2.75. The summed E-state index contributed by atoms with van der Waals surface area (Å²) in [5, 5.41) is 24.0. The number of carboxylic acids is 1. The van der Waals surface area contributed by atoms with Crippen molar-refractivity contribution in [3.8, 4) is 0 Å². The Bertz CT molecular complexity index is 776. The van der Waals surface area contributed by atoms with Gasteiger partial charge >= 0.3 is 5.97 Å². The molecule has 2 spiro atoms. The molecule has 7 nitrogen and oxygen atoms in total. The van der Waals surface area contributed by atoms with Crippen molar-refractivity contribution in [1.82, 2.24) is 10.2 Å². The number of carbonyl (C=O) groups is 1. The molecule has 3 aliphatic carbocycles. The van der Waals surface area contributed by atoms with Gasteiger partial charge in [-0.2, -0.15) is 0 Å². The Kier molecular flexibility index (Phi) is 4.58. The fraction of sp³-hybridized carbons (Fsp3) is 0.714. The van der Waals surface area contributed by atoms with Crippen LogP contribution in [0.1, 0.15) is 32.6 Å². The highest BCUT2D eigenvalue weighted by atomic mass is 16.4. The number of aliphatic hydroxyl groups excluding tert-OH is 1. The minimum atomic E-state index is -0.961. The van der Waals surface area contributed by atoms with E-state index < -0.39 is 12.1 Å². The molecule has 2 saturated carbocycles. The van der Waals surface area contributed by atoms with Gasteiger partial charge in [0.05, 0.1) is 11.7 Å². The molecule has 0 radical (unpaired) electrons. The summed E-state index contributed by atoms with van der Waals surface area (Å²) in [6.45, 7) is 3.79. The van der Waals surface area contributed by atoms with Gasteiger partial charge in [-0.3, -0.25) is 4.99 Å². The van der Waals surface area contributed by atoms with Gasteiger partial charge in [-0.05, 0) is 56.1 Å². The summed E-state index contributed by atoms with van der Waals surface area (Å²) in [6, 6.07) is 0. The molecule has 1 heterocycles. The lowest BCUT2D eigenvalue weighted by Gasteiger charge is -2.60. The lowest BCUT2D eigenvalue weighted by Crippen LogP contribution is -2.62. The number of aliphatic hydroxyl groups is 1. The van der Waals surface area contributed by atoms with E-state index in [0.717, 1.165) is 37.9 Å². The quantitative estimate of drug-likeness (QED) is 0.427. The van der Waals surface area contributed by atoms with Gasteiger partial charge < -0.3 is 26.2 Å². The molecule has 4 rings (SSSR count). The third kappa shape index (κ3) is 2.23. The summed E-state index contributed by atoms with van der Waals surface area (Å²) in [5.74, 6) is 0.479. The first kappa shape index (κ1) is 19.5. The van der Waals surface area contributed by atoms with Crippen molar-refractivity contribution < 1.29 is 15.0 Å². The van der Waals surface area contributed by atoms with Gasteiger partial charge in [-0.1, -0.05) is 13.0 Å². The number of hydrogen-bond donors (Lipinski definition) is 4. The van der Waals surface area contributed by atoms with Crippen molar-refractivity contribution in [2.45, 2.75) is 38.7 Å². The molecule has 7 heteroatoms. The molecule has 5 N–H and O–H groups in total. The van der Waals surface area contributed by atoms with E-state index in [1.54, 1.807) is 7.05 Å². The van der Waals surface area contributed by atoms with E-state index >= 15 is 0 Å². The topological polar surface area (TPSA) is 111 Å². The van der Waals surface area contributed by atoms with Gasteiger partial charge in [0.1, 0.15) is 0 Å². The van der Waals surface area contributed by atoms with Crippen LogP contribution in [-0.2, 0) is 4.79 Å². The van der Waals surface area contributed by atoms with Crippen LogP contribution in [0.3, 0.4) is 0 Å².